The molecule has 1 fully saturated rings. The van der Waals surface area contributed by atoms with E-state index in [4.69, 9.17) is 5.73 Å². The van der Waals surface area contributed by atoms with E-state index in [0.29, 0.717) is 18.7 Å². The van der Waals surface area contributed by atoms with Crippen molar-refractivity contribution >= 4 is 11.7 Å². The SMILES string of the molecule is NC(=O)c1cnn(C2CN(c3ncncc3F)C2)c1. The van der Waals surface area contributed by atoms with E-state index >= 15 is 0 Å². The molecule has 7 nitrogen and oxygen atoms in total. The Hall–Kier alpha value is -2.51. The average molecular weight is 262 g/mol. The molecule has 3 heterocycles. The van der Waals surface area contributed by atoms with E-state index in [2.05, 4.69) is 15.1 Å². The minimum absolute atomic E-state index is 0.0856. The Morgan fingerprint density at radius 1 is 1.42 bits per heavy atom. The lowest BCUT2D eigenvalue weighted by Gasteiger charge is -2.39. The van der Waals surface area contributed by atoms with Crippen molar-refractivity contribution in [3.05, 3.63) is 36.3 Å². The Labute approximate surface area is 107 Å². The van der Waals surface area contributed by atoms with Crippen LogP contribution in [0.25, 0.3) is 0 Å². The minimum atomic E-state index is -0.510. The van der Waals surface area contributed by atoms with Crippen LogP contribution in [0.4, 0.5) is 10.2 Å². The normalized spacial score (nSPS) is 15.3. The molecule has 0 saturated carbocycles. The van der Waals surface area contributed by atoms with Gasteiger partial charge in [0, 0.05) is 19.3 Å². The van der Waals surface area contributed by atoms with Gasteiger partial charge in [-0.25, -0.2) is 14.4 Å². The highest BCUT2D eigenvalue weighted by atomic mass is 19.1. The van der Waals surface area contributed by atoms with E-state index in [1.54, 1.807) is 15.8 Å². The van der Waals surface area contributed by atoms with Crippen LogP contribution >= 0.6 is 0 Å². The zero-order valence-corrected chi connectivity index (χ0v) is 9.90. The van der Waals surface area contributed by atoms with Crippen molar-refractivity contribution < 1.29 is 9.18 Å². The topological polar surface area (TPSA) is 89.9 Å². The van der Waals surface area contributed by atoms with Gasteiger partial charge in [0.25, 0.3) is 5.91 Å². The Kier molecular flexibility index (Phi) is 2.62. The predicted molar refractivity (Wildman–Crippen MR) is 64.0 cm³/mol. The van der Waals surface area contributed by atoms with E-state index in [1.807, 2.05) is 0 Å². The van der Waals surface area contributed by atoms with Crippen LogP contribution in [0.5, 0.6) is 0 Å². The molecule has 2 N–H and O–H groups in total. The van der Waals surface area contributed by atoms with Crippen molar-refractivity contribution in [3.8, 4) is 0 Å². The number of carbonyl (C=O) groups is 1. The molecule has 0 unspecified atom stereocenters. The van der Waals surface area contributed by atoms with E-state index < -0.39 is 11.7 Å². The number of anilines is 1. The zero-order chi connectivity index (χ0) is 13.4. The standard InChI is InChI=1S/C11H11FN6O/c12-9-2-14-6-15-11(9)17-4-8(5-17)18-3-7(1-16-18)10(13)19/h1-3,6,8H,4-5H2,(H2,13,19). The number of carbonyl (C=O) groups excluding carboxylic acids is 1. The second-order valence-corrected chi connectivity index (χ2v) is 4.33. The van der Waals surface area contributed by atoms with Gasteiger partial charge < -0.3 is 10.6 Å². The monoisotopic (exact) mass is 262 g/mol. The fourth-order valence-corrected chi connectivity index (χ4v) is 2.00. The summed E-state index contributed by atoms with van der Waals surface area (Å²) in [5, 5.41) is 4.07. The maximum atomic E-state index is 13.5. The summed E-state index contributed by atoms with van der Waals surface area (Å²) in [7, 11) is 0. The molecule has 98 valence electrons. The molecule has 0 aliphatic carbocycles. The van der Waals surface area contributed by atoms with Crippen LogP contribution in [0.3, 0.4) is 0 Å². The van der Waals surface area contributed by atoms with E-state index in [-0.39, 0.29) is 11.9 Å². The number of rotatable bonds is 3. The van der Waals surface area contributed by atoms with Crippen LogP contribution in [0.15, 0.2) is 24.9 Å². The molecule has 3 rings (SSSR count). The smallest absolute Gasteiger partial charge is 0.251 e. The molecule has 0 bridgehead atoms. The second-order valence-electron chi connectivity index (χ2n) is 4.33. The molecule has 0 aromatic carbocycles. The highest BCUT2D eigenvalue weighted by Gasteiger charge is 2.31. The molecule has 19 heavy (non-hydrogen) atoms. The Morgan fingerprint density at radius 2 is 2.21 bits per heavy atom. The predicted octanol–water partition coefficient (Wildman–Crippen LogP) is -0.0276. The lowest BCUT2D eigenvalue weighted by atomic mass is 10.1. The molecular formula is C11H11FN6O. The number of aromatic nitrogens is 4. The molecule has 0 atom stereocenters. The molecule has 1 saturated heterocycles. The summed E-state index contributed by atoms with van der Waals surface area (Å²) in [6.07, 6.45) is 5.47. The first-order valence-corrected chi connectivity index (χ1v) is 5.69. The number of nitrogens with zero attached hydrogens (tertiary/aromatic N) is 5. The number of nitrogens with two attached hydrogens (primary N) is 1. The molecule has 2 aromatic heterocycles. The number of halogens is 1. The van der Waals surface area contributed by atoms with Gasteiger partial charge in [0.15, 0.2) is 11.6 Å². The molecular weight excluding hydrogens is 251 g/mol. The number of hydrogen-bond donors (Lipinski definition) is 1. The number of primary amides is 1. The van der Waals surface area contributed by atoms with Crippen molar-refractivity contribution in [1.29, 1.82) is 0 Å². The van der Waals surface area contributed by atoms with Crippen LogP contribution < -0.4 is 10.6 Å². The molecule has 0 spiro atoms. The maximum Gasteiger partial charge on any atom is 0.251 e. The zero-order valence-electron chi connectivity index (χ0n) is 9.90. The minimum Gasteiger partial charge on any atom is -0.366 e. The van der Waals surface area contributed by atoms with Crippen molar-refractivity contribution in [2.75, 3.05) is 18.0 Å². The fraction of sp³-hybridized carbons (Fsp3) is 0.273. The van der Waals surface area contributed by atoms with Gasteiger partial charge in [0.2, 0.25) is 0 Å². The summed E-state index contributed by atoms with van der Waals surface area (Å²) < 4.78 is 15.1. The lowest BCUT2D eigenvalue weighted by molar-refractivity contribution is 0.1000. The van der Waals surface area contributed by atoms with Crippen molar-refractivity contribution in [3.63, 3.8) is 0 Å². The number of hydrogen-bond acceptors (Lipinski definition) is 5. The number of amides is 1. The van der Waals surface area contributed by atoms with Gasteiger partial charge in [-0.15, -0.1) is 0 Å². The van der Waals surface area contributed by atoms with Crippen LogP contribution in [-0.4, -0.2) is 38.7 Å². The third kappa shape index (κ3) is 2.01. The molecule has 1 aliphatic rings. The first-order chi connectivity index (χ1) is 9.15. The first-order valence-electron chi connectivity index (χ1n) is 5.69. The average Bonchev–Trinajstić information content (AvgIpc) is 2.79. The molecule has 8 heteroatoms. The third-order valence-corrected chi connectivity index (χ3v) is 3.07. The summed E-state index contributed by atoms with van der Waals surface area (Å²) in [5.41, 5.74) is 5.52. The maximum absolute atomic E-state index is 13.5. The van der Waals surface area contributed by atoms with Crippen molar-refractivity contribution in [2.24, 2.45) is 5.73 Å². The van der Waals surface area contributed by atoms with Crippen LogP contribution in [0, 0.1) is 5.82 Å². The summed E-state index contributed by atoms with van der Waals surface area (Å²) in [4.78, 5) is 20.3. The molecule has 1 aliphatic heterocycles. The molecule has 0 radical (unpaired) electrons. The van der Waals surface area contributed by atoms with Gasteiger partial charge >= 0.3 is 0 Å². The van der Waals surface area contributed by atoms with Gasteiger partial charge in [-0.05, 0) is 0 Å². The fourth-order valence-electron chi connectivity index (χ4n) is 2.00. The van der Waals surface area contributed by atoms with E-state index in [1.165, 1.54) is 12.5 Å². The van der Waals surface area contributed by atoms with Crippen LogP contribution in [0.2, 0.25) is 0 Å². The van der Waals surface area contributed by atoms with Gasteiger partial charge in [0.1, 0.15) is 6.33 Å². The van der Waals surface area contributed by atoms with Gasteiger partial charge in [-0.3, -0.25) is 9.48 Å². The van der Waals surface area contributed by atoms with Gasteiger partial charge in [0.05, 0.1) is 24.0 Å². The van der Waals surface area contributed by atoms with E-state index in [0.717, 1.165) is 6.20 Å². The first kappa shape index (κ1) is 11.6. The van der Waals surface area contributed by atoms with E-state index in [9.17, 15) is 9.18 Å². The third-order valence-electron chi connectivity index (χ3n) is 3.07. The highest BCUT2D eigenvalue weighted by molar-refractivity contribution is 5.92. The Morgan fingerprint density at radius 3 is 2.84 bits per heavy atom. The summed E-state index contributed by atoms with van der Waals surface area (Å²) in [6, 6.07) is 0.0856. The van der Waals surface area contributed by atoms with Gasteiger partial charge in [-0.2, -0.15) is 5.10 Å². The molecule has 1 amide bonds. The quantitative estimate of drug-likeness (QED) is 0.839. The molecule has 2 aromatic rings. The van der Waals surface area contributed by atoms with Gasteiger partial charge in [-0.1, -0.05) is 0 Å². The summed E-state index contributed by atoms with van der Waals surface area (Å²) >= 11 is 0. The summed E-state index contributed by atoms with van der Waals surface area (Å²) in [6.45, 7) is 1.15. The Bertz CT molecular complexity index is 621. The summed E-state index contributed by atoms with van der Waals surface area (Å²) in [5.74, 6) is -0.669. The highest BCUT2D eigenvalue weighted by Crippen LogP contribution is 2.27. The largest absolute Gasteiger partial charge is 0.366 e. The van der Waals surface area contributed by atoms with Crippen LogP contribution in [0.1, 0.15) is 16.4 Å². The van der Waals surface area contributed by atoms with Crippen LogP contribution in [-0.2, 0) is 0 Å². The van der Waals surface area contributed by atoms with Crippen molar-refractivity contribution in [2.45, 2.75) is 6.04 Å². The lowest BCUT2D eigenvalue weighted by Crippen LogP contribution is -2.48. The second kappa shape index (κ2) is 4.30. The Balaban J connectivity index is 1.69. The van der Waals surface area contributed by atoms with Crippen molar-refractivity contribution in [1.82, 2.24) is 19.7 Å².